The summed E-state index contributed by atoms with van der Waals surface area (Å²) in [6.45, 7) is 10.1. The molecule has 1 rings (SSSR count). The van der Waals surface area contributed by atoms with Crippen LogP contribution in [-0.4, -0.2) is 34.8 Å². The minimum Gasteiger partial charge on any atom is -0.361 e. The van der Waals surface area contributed by atoms with Crippen molar-refractivity contribution < 1.29 is 13.3 Å². The zero-order valence-corrected chi connectivity index (χ0v) is 12.6. The van der Waals surface area contributed by atoms with Crippen molar-refractivity contribution in [2.24, 2.45) is 5.92 Å². The Labute approximate surface area is 106 Å². The Morgan fingerprint density at radius 3 is 1.88 bits per heavy atom. The molecule has 2 unspecified atom stereocenters. The van der Waals surface area contributed by atoms with Gasteiger partial charge in [0, 0.05) is 25.9 Å². The van der Waals surface area contributed by atoms with Gasteiger partial charge >= 0.3 is 8.97 Å². The van der Waals surface area contributed by atoms with Gasteiger partial charge in [-0.25, -0.2) is 0 Å². The molecule has 5 heteroatoms. The highest BCUT2D eigenvalue weighted by molar-refractivity contribution is 6.58. The van der Waals surface area contributed by atoms with Crippen LogP contribution in [-0.2, 0) is 13.3 Å². The van der Waals surface area contributed by atoms with Gasteiger partial charge in [-0.2, -0.15) is 0 Å². The first-order chi connectivity index (χ1) is 8.17. The number of hydrogen-bond donors (Lipinski definition) is 1. The van der Waals surface area contributed by atoms with Gasteiger partial charge in [-0.3, -0.25) is 4.98 Å². The highest BCUT2D eigenvalue weighted by Crippen LogP contribution is 2.26. The molecular weight excluding hydrogens is 234 g/mol. The molecule has 0 radical (unpaired) electrons. The molecular formula is C12H27NO3Si. The molecule has 1 N–H and O–H groups in total. The van der Waals surface area contributed by atoms with Crippen molar-refractivity contribution in [3.8, 4) is 0 Å². The predicted octanol–water partition coefficient (Wildman–Crippen LogP) is 2.31. The lowest BCUT2D eigenvalue weighted by Crippen LogP contribution is -2.62. The van der Waals surface area contributed by atoms with E-state index in [9.17, 15) is 0 Å². The molecule has 1 aliphatic rings. The van der Waals surface area contributed by atoms with Gasteiger partial charge in [0.25, 0.3) is 0 Å². The quantitative estimate of drug-likeness (QED) is 0.681. The van der Waals surface area contributed by atoms with Crippen molar-refractivity contribution in [1.29, 1.82) is 0 Å². The first-order valence-electron chi connectivity index (χ1n) is 6.87. The Morgan fingerprint density at radius 1 is 1.00 bits per heavy atom. The molecule has 1 aliphatic carbocycles. The van der Waals surface area contributed by atoms with Crippen LogP contribution in [0.15, 0.2) is 0 Å². The average molecular weight is 261 g/mol. The minimum atomic E-state index is -2.65. The van der Waals surface area contributed by atoms with E-state index < -0.39 is 8.97 Å². The van der Waals surface area contributed by atoms with Crippen molar-refractivity contribution in [2.45, 2.75) is 53.0 Å². The summed E-state index contributed by atoms with van der Waals surface area (Å²) in [5, 5.41) is 0. The third-order valence-electron chi connectivity index (χ3n) is 3.23. The Morgan fingerprint density at radius 2 is 1.53 bits per heavy atom. The molecule has 102 valence electrons. The molecule has 17 heavy (non-hydrogen) atoms. The SMILES string of the molecule is CCO[Si](NC1CCCC1C)(OCC)OCC. The standard InChI is InChI=1S/C12H27NO3Si/c1-5-14-17(15-6-2,16-7-3)13-12-10-8-9-11(12)4/h11-13H,5-10H2,1-4H3. The van der Waals surface area contributed by atoms with Crippen LogP contribution in [0.4, 0.5) is 0 Å². The largest absolute Gasteiger partial charge is 0.597 e. The number of rotatable bonds is 8. The van der Waals surface area contributed by atoms with Gasteiger partial charge in [0.05, 0.1) is 0 Å². The molecule has 0 bridgehead atoms. The van der Waals surface area contributed by atoms with Gasteiger partial charge in [0.1, 0.15) is 0 Å². The summed E-state index contributed by atoms with van der Waals surface area (Å²) in [7, 11) is -2.65. The number of nitrogens with one attached hydrogen (secondary N) is 1. The molecule has 0 aliphatic heterocycles. The van der Waals surface area contributed by atoms with E-state index in [1.165, 1.54) is 19.3 Å². The predicted molar refractivity (Wildman–Crippen MR) is 70.6 cm³/mol. The summed E-state index contributed by atoms with van der Waals surface area (Å²) in [5.74, 6) is 0.684. The lowest BCUT2D eigenvalue weighted by Gasteiger charge is -2.32. The van der Waals surface area contributed by atoms with Gasteiger partial charge in [0.15, 0.2) is 0 Å². The molecule has 0 spiro atoms. The maximum atomic E-state index is 5.80. The van der Waals surface area contributed by atoms with Gasteiger partial charge < -0.3 is 13.3 Å². The van der Waals surface area contributed by atoms with E-state index in [-0.39, 0.29) is 0 Å². The second-order valence-corrected chi connectivity index (χ2v) is 6.78. The van der Waals surface area contributed by atoms with Crippen LogP contribution < -0.4 is 4.98 Å². The molecule has 0 heterocycles. The molecule has 1 fully saturated rings. The summed E-state index contributed by atoms with van der Waals surface area (Å²) in [6, 6.07) is 0.478. The maximum absolute atomic E-state index is 5.80. The smallest absolute Gasteiger partial charge is 0.361 e. The molecule has 2 atom stereocenters. The normalized spacial score (nSPS) is 25.4. The first-order valence-corrected chi connectivity index (χ1v) is 8.59. The third-order valence-corrected chi connectivity index (χ3v) is 5.96. The topological polar surface area (TPSA) is 39.7 Å². The van der Waals surface area contributed by atoms with E-state index in [4.69, 9.17) is 13.3 Å². The Kier molecular flexibility index (Phi) is 6.65. The van der Waals surface area contributed by atoms with Gasteiger partial charge in [-0.1, -0.05) is 13.3 Å². The highest BCUT2D eigenvalue weighted by Gasteiger charge is 2.45. The average Bonchev–Trinajstić information content (AvgIpc) is 2.65. The molecule has 0 aromatic carbocycles. The van der Waals surface area contributed by atoms with Gasteiger partial charge in [-0.05, 0) is 39.5 Å². The van der Waals surface area contributed by atoms with Crippen molar-refractivity contribution in [2.75, 3.05) is 19.8 Å². The third kappa shape index (κ3) is 4.33. The summed E-state index contributed by atoms with van der Waals surface area (Å²) < 4.78 is 17.4. The second kappa shape index (κ2) is 7.48. The van der Waals surface area contributed by atoms with E-state index in [2.05, 4.69) is 11.9 Å². The summed E-state index contributed by atoms with van der Waals surface area (Å²) >= 11 is 0. The maximum Gasteiger partial charge on any atom is 0.597 e. The van der Waals surface area contributed by atoms with E-state index in [0.29, 0.717) is 31.8 Å². The molecule has 0 aromatic rings. The van der Waals surface area contributed by atoms with Crippen LogP contribution in [0.3, 0.4) is 0 Å². The van der Waals surface area contributed by atoms with E-state index in [0.717, 1.165) is 0 Å². The first kappa shape index (κ1) is 15.1. The lowest BCUT2D eigenvalue weighted by atomic mass is 10.1. The second-order valence-electron chi connectivity index (χ2n) is 4.51. The van der Waals surface area contributed by atoms with Crippen LogP contribution in [0, 0.1) is 5.92 Å². The molecule has 0 amide bonds. The van der Waals surface area contributed by atoms with Crippen molar-refractivity contribution in [1.82, 2.24) is 4.98 Å². The van der Waals surface area contributed by atoms with E-state index in [1.807, 2.05) is 20.8 Å². The summed E-state index contributed by atoms with van der Waals surface area (Å²) in [4.78, 5) is 3.55. The molecule has 1 saturated carbocycles. The van der Waals surface area contributed by atoms with Crippen LogP contribution in [0.2, 0.25) is 0 Å². The Balaban J connectivity index is 2.65. The zero-order chi connectivity index (χ0) is 12.7. The summed E-state index contributed by atoms with van der Waals surface area (Å²) in [6.07, 6.45) is 3.77. The van der Waals surface area contributed by atoms with Crippen LogP contribution in [0.5, 0.6) is 0 Å². The van der Waals surface area contributed by atoms with E-state index in [1.54, 1.807) is 0 Å². The molecule has 0 saturated heterocycles. The van der Waals surface area contributed by atoms with Crippen LogP contribution in [0.25, 0.3) is 0 Å². The van der Waals surface area contributed by atoms with Gasteiger partial charge in [-0.15, -0.1) is 0 Å². The van der Waals surface area contributed by atoms with Crippen molar-refractivity contribution in [3.63, 3.8) is 0 Å². The lowest BCUT2D eigenvalue weighted by molar-refractivity contribution is 0.0545. The van der Waals surface area contributed by atoms with Gasteiger partial charge in [0.2, 0.25) is 0 Å². The van der Waals surface area contributed by atoms with Crippen LogP contribution in [0.1, 0.15) is 47.0 Å². The van der Waals surface area contributed by atoms with Crippen molar-refractivity contribution in [3.05, 3.63) is 0 Å². The zero-order valence-electron chi connectivity index (χ0n) is 11.6. The fraction of sp³-hybridized carbons (Fsp3) is 1.00. The number of hydrogen-bond acceptors (Lipinski definition) is 4. The highest BCUT2D eigenvalue weighted by atomic mass is 28.4. The Hall–Kier alpha value is 0.0569. The molecule has 4 nitrogen and oxygen atoms in total. The fourth-order valence-corrected chi connectivity index (χ4v) is 4.93. The molecule has 0 aromatic heterocycles. The minimum absolute atomic E-state index is 0.478. The Bertz CT molecular complexity index is 199. The van der Waals surface area contributed by atoms with E-state index >= 15 is 0 Å². The van der Waals surface area contributed by atoms with Crippen molar-refractivity contribution >= 4 is 8.97 Å². The summed E-state index contributed by atoms with van der Waals surface area (Å²) in [5.41, 5.74) is 0. The fourth-order valence-electron chi connectivity index (χ4n) is 2.41. The van der Waals surface area contributed by atoms with Crippen LogP contribution >= 0.6 is 0 Å². The monoisotopic (exact) mass is 261 g/mol.